The van der Waals surface area contributed by atoms with Gasteiger partial charge >= 0.3 is 6.09 Å². The van der Waals surface area contributed by atoms with Crippen LogP contribution in [0.4, 0.5) is 10.5 Å². The number of aliphatic hydroxyl groups excluding tert-OH is 4. The molecule has 0 bridgehead atoms. The fourth-order valence-corrected chi connectivity index (χ4v) is 4.35. The molecular formula is C29H39N3O10. The highest BCUT2D eigenvalue weighted by Gasteiger charge is 2.44. The van der Waals surface area contributed by atoms with E-state index in [4.69, 9.17) is 9.47 Å². The summed E-state index contributed by atoms with van der Waals surface area (Å²) in [5, 5.41) is 54.2. The molecule has 5 atom stereocenters. The average Bonchev–Trinajstić information content (AvgIpc) is 2.99. The molecule has 1 heterocycles. The van der Waals surface area contributed by atoms with E-state index in [2.05, 4.69) is 10.6 Å². The Labute approximate surface area is 243 Å². The normalized spacial score (nSPS) is 21.8. The van der Waals surface area contributed by atoms with E-state index in [1.165, 1.54) is 29.2 Å². The van der Waals surface area contributed by atoms with Crippen molar-refractivity contribution >= 4 is 23.6 Å². The average molecular weight is 590 g/mol. The Morgan fingerprint density at radius 1 is 0.857 bits per heavy atom. The van der Waals surface area contributed by atoms with E-state index >= 15 is 0 Å². The summed E-state index contributed by atoms with van der Waals surface area (Å²) in [4.78, 5) is 37.2. The molecule has 0 spiro atoms. The summed E-state index contributed by atoms with van der Waals surface area (Å²) in [7, 11) is 0. The van der Waals surface area contributed by atoms with Crippen molar-refractivity contribution in [3.8, 4) is 5.75 Å². The molecular weight excluding hydrogens is 550 g/mol. The number of carbonyl (C=O) groups is 3. The Balaban J connectivity index is 1.33. The van der Waals surface area contributed by atoms with Crippen LogP contribution >= 0.6 is 0 Å². The number of benzene rings is 2. The first kappa shape index (κ1) is 32.8. The van der Waals surface area contributed by atoms with Crippen molar-refractivity contribution < 1.29 is 49.4 Å². The van der Waals surface area contributed by atoms with E-state index in [0.717, 1.165) is 19.3 Å². The van der Waals surface area contributed by atoms with Crippen LogP contribution in [0.3, 0.4) is 0 Å². The maximum atomic E-state index is 12.4. The molecule has 0 aromatic heterocycles. The zero-order valence-electron chi connectivity index (χ0n) is 23.2. The van der Waals surface area contributed by atoms with Gasteiger partial charge in [0, 0.05) is 37.3 Å². The molecule has 230 valence electrons. The molecule has 0 saturated carbocycles. The maximum absolute atomic E-state index is 12.4. The number of hydrogen-bond donors (Lipinski definition) is 7. The molecule has 2 aromatic rings. The van der Waals surface area contributed by atoms with Crippen LogP contribution in [0.15, 0.2) is 54.6 Å². The number of rotatable bonds is 15. The minimum Gasteiger partial charge on any atom is -0.465 e. The standard InChI is InChI=1S/C29H39N3O10/c33-18-22-24(35)25(36)26(37)28(42-22)41-21-12-10-20(11-13-21)31-23(34)14-17-32(29(39)40)16-7-2-1-6-15-30-27(38)19-8-4-3-5-9-19/h3-5,8-13,22,24-26,28,33,35-37H,1-2,6-7,14-18H2,(H,30,38)(H,31,34)(H,39,40). The lowest BCUT2D eigenvalue weighted by molar-refractivity contribution is -0.277. The SMILES string of the molecule is O=C(CCN(CCCCCCNC(=O)c1ccccc1)C(=O)O)Nc1ccc(OC2OC(CO)C(O)C(O)C2O)cc1. The Morgan fingerprint density at radius 2 is 1.55 bits per heavy atom. The molecule has 1 fully saturated rings. The quantitative estimate of drug-likeness (QED) is 0.148. The van der Waals surface area contributed by atoms with Crippen molar-refractivity contribution in [1.82, 2.24) is 10.2 Å². The fraction of sp³-hybridized carbons (Fsp3) is 0.483. The molecule has 5 unspecified atom stereocenters. The number of carboxylic acid groups (broad SMARTS) is 1. The van der Waals surface area contributed by atoms with Crippen molar-refractivity contribution in [1.29, 1.82) is 0 Å². The van der Waals surface area contributed by atoms with Gasteiger partial charge in [-0.05, 0) is 49.2 Å². The molecule has 1 aliphatic heterocycles. The first-order valence-electron chi connectivity index (χ1n) is 13.9. The topological polar surface area (TPSA) is 198 Å². The van der Waals surface area contributed by atoms with Gasteiger partial charge in [0.25, 0.3) is 5.91 Å². The van der Waals surface area contributed by atoms with E-state index < -0.39 is 43.4 Å². The van der Waals surface area contributed by atoms with E-state index in [9.17, 15) is 39.9 Å². The molecule has 0 radical (unpaired) electrons. The lowest BCUT2D eigenvalue weighted by Gasteiger charge is -2.39. The van der Waals surface area contributed by atoms with Gasteiger partial charge in [-0.25, -0.2) is 4.79 Å². The summed E-state index contributed by atoms with van der Waals surface area (Å²) in [6.07, 6.45) is -5.15. The van der Waals surface area contributed by atoms with Crippen LogP contribution in [0.2, 0.25) is 0 Å². The number of anilines is 1. The summed E-state index contributed by atoms with van der Waals surface area (Å²) >= 11 is 0. The van der Waals surface area contributed by atoms with Crippen LogP contribution in [0.1, 0.15) is 42.5 Å². The van der Waals surface area contributed by atoms with Gasteiger partial charge in [0.15, 0.2) is 0 Å². The molecule has 2 aromatic carbocycles. The van der Waals surface area contributed by atoms with E-state index in [-0.39, 0.29) is 30.5 Å². The maximum Gasteiger partial charge on any atom is 0.407 e. The molecule has 13 heteroatoms. The highest BCUT2D eigenvalue weighted by Crippen LogP contribution is 2.25. The predicted molar refractivity (Wildman–Crippen MR) is 151 cm³/mol. The van der Waals surface area contributed by atoms with E-state index in [0.29, 0.717) is 30.8 Å². The third kappa shape index (κ3) is 9.96. The Kier molecular flexibility index (Phi) is 13.0. The van der Waals surface area contributed by atoms with Crippen LogP contribution in [0, 0.1) is 0 Å². The number of unbranched alkanes of at least 4 members (excludes halogenated alkanes) is 3. The number of amides is 3. The molecule has 1 saturated heterocycles. The van der Waals surface area contributed by atoms with Gasteiger partial charge < -0.3 is 50.5 Å². The van der Waals surface area contributed by atoms with Gasteiger partial charge in [0.2, 0.25) is 12.2 Å². The first-order valence-corrected chi connectivity index (χ1v) is 13.9. The van der Waals surface area contributed by atoms with Gasteiger partial charge in [-0.15, -0.1) is 0 Å². The fourth-order valence-electron chi connectivity index (χ4n) is 4.35. The first-order chi connectivity index (χ1) is 20.2. The van der Waals surface area contributed by atoms with E-state index in [1.54, 1.807) is 24.3 Å². The van der Waals surface area contributed by atoms with Crippen molar-refractivity contribution in [2.75, 3.05) is 31.6 Å². The molecule has 7 N–H and O–H groups in total. The third-order valence-electron chi connectivity index (χ3n) is 6.79. The molecule has 3 amide bonds. The summed E-state index contributed by atoms with van der Waals surface area (Å²) in [6.45, 7) is 0.290. The predicted octanol–water partition coefficient (Wildman–Crippen LogP) is 1.16. The number of hydrogen-bond acceptors (Lipinski definition) is 9. The number of aliphatic hydroxyl groups is 4. The molecule has 1 aliphatic rings. The largest absolute Gasteiger partial charge is 0.465 e. The molecule has 13 nitrogen and oxygen atoms in total. The highest BCUT2D eigenvalue weighted by molar-refractivity contribution is 5.94. The summed E-state index contributed by atoms with van der Waals surface area (Å²) in [6, 6.07) is 15.0. The van der Waals surface area contributed by atoms with Gasteiger partial charge in [-0.1, -0.05) is 31.0 Å². The smallest absolute Gasteiger partial charge is 0.407 e. The third-order valence-corrected chi connectivity index (χ3v) is 6.79. The number of nitrogens with one attached hydrogen (secondary N) is 2. The minimum absolute atomic E-state index is 0.0343. The van der Waals surface area contributed by atoms with Crippen molar-refractivity contribution in [2.24, 2.45) is 0 Å². The number of ether oxygens (including phenoxy) is 2. The lowest BCUT2D eigenvalue weighted by Crippen LogP contribution is -2.60. The van der Waals surface area contributed by atoms with Crippen LogP contribution < -0.4 is 15.4 Å². The van der Waals surface area contributed by atoms with Crippen LogP contribution in [0.25, 0.3) is 0 Å². The van der Waals surface area contributed by atoms with Gasteiger partial charge in [0.1, 0.15) is 30.2 Å². The Bertz CT molecular complexity index is 1130. The van der Waals surface area contributed by atoms with Crippen molar-refractivity contribution in [3.05, 3.63) is 60.2 Å². The Morgan fingerprint density at radius 3 is 2.21 bits per heavy atom. The zero-order chi connectivity index (χ0) is 30.5. The van der Waals surface area contributed by atoms with Crippen LogP contribution in [0.5, 0.6) is 5.75 Å². The second-order valence-electron chi connectivity index (χ2n) is 9.94. The lowest BCUT2D eigenvalue weighted by atomic mass is 9.99. The minimum atomic E-state index is -1.57. The Hall–Kier alpha value is -3.75. The van der Waals surface area contributed by atoms with Crippen molar-refractivity contribution in [3.63, 3.8) is 0 Å². The number of carbonyl (C=O) groups excluding carboxylic acids is 2. The molecule has 3 rings (SSSR count). The van der Waals surface area contributed by atoms with Gasteiger partial charge in [-0.3, -0.25) is 9.59 Å². The van der Waals surface area contributed by atoms with Gasteiger partial charge in [-0.2, -0.15) is 0 Å². The molecule has 0 aliphatic carbocycles. The van der Waals surface area contributed by atoms with Crippen LogP contribution in [-0.4, -0.2) is 105 Å². The second kappa shape index (κ2) is 16.6. The number of nitrogens with zero attached hydrogens (tertiary/aromatic N) is 1. The summed E-state index contributed by atoms with van der Waals surface area (Å²) < 4.78 is 10.8. The monoisotopic (exact) mass is 589 g/mol. The summed E-state index contributed by atoms with van der Waals surface area (Å²) in [5.41, 5.74) is 1.04. The highest BCUT2D eigenvalue weighted by atomic mass is 16.7. The zero-order valence-corrected chi connectivity index (χ0v) is 23.2. The van der Waals surface area contributed by atoms with Crippen molar-refractivity contribution in [2.45, 2.75) is 62.8 Å². The van der Waals surface area contributed by atoms with E-state index in [1.807, 2.05) is 6.07 Å². The second-order valence-corrected chi connectivity index (χ2v) is 9.94. The molecule has 42 heavy (non-hydrogen) atoms. The van der Waals surface area contributed by atoms with Gasteiger partial charge in [0.05, 0.1) is 6.61 Å². The van der Waals surface area contributed by atoms with Crippen LogP contribution in [-0.2, 0) is 9.53 Å². The summed E-state index contributed by atoms with van der Waals surface area (Å²) in [5.74, 6) is -0.255.